The van der Waals surface area contributed by atoms with E-state index in [0.29, 0.717) is 5.56 Å². The number of carbonyl (C=O) groups is 1. The van der Waals surface area contributed by atoms with Crippen molar-refractivity contribution in [3.63, 3.8) is 0 Å². The van der Waals surface area contributed by atoms with Crippen LogP contribution in [-0.4, -0.2) is 28.6 Å². The van der Waals surface area contributed by atoms with Crippen LogP contribution in [0.3, 0.4) is 0 Å². The predicted octanol–water partition coefficient (Wildman–Crippen LogP) is 1.01. The van der Waals surface area contributed by atoms with E-state index in [9.17, 15) is 14.9 Å². The molecule has 92 valence electrons. The Bertz CT molecular complexity index is 445. The Hall–Kier alpha value is -1.95. The summed E-state index contributed by atoms with van der Waals surface area (Å²) in [5, 5.41) is 22.0. The Morgan fingerprint density at radius 2 is 2.24 bits per heavy atom. The van der Waals surface area contributed by atoms with Crippen molar-refractivity contribution >= 4 is 11.6 Å². The number of nitrogens with one attached hydrogen (secondary N) is 1. The first kappa shape index (κ1) is 13.1. The van der Waals surface area contributed by atoms with Crippen molar-refractivity contribution in [2.45, 2.75) is 19.9 Å². The van der Waals surface area contributed by atoms with E-state index in [1.54, 1.807) is 13.8 Å². The lowest BCUT2D eigenvalue weighted by Crippen LogP contribution is -2.35. The summed E-state index contributed by atoms with van der Waals surface area (Å²) in [6, 6.07) is 3.72. The SMILES string of the molecule is Cc1ccc([N+](=O)[O-])cc1C(=O)N[C@H](C)CO. The number of aryl methyl sites for hydroxylation is 1. The van der Waals surface area contributed by atoms with E-state index in [1.165, 1.54) is 18.2 Å². The number of hydrogen-bond acceptors (Lipinski definition) is 4. The Labute approximate surface area is 98.4 Å². The fourth-order valence-corrected chi connectivity index (χ4v) is 1.32. The lowest BCUT2D eigenvalue weighted by atomic mass is 10.1. The van der Waals surface area contributed by atoms with Crippen molar-refractivity contribution in [3.8, 4) is 0 Å². The molecule has 0 spiro atoms. The standard InChI is InChI=1S/C11H14N2O4/c1-7-3-4-9(13(16)17)5-10(7)11(15)12-8(2)6-14/h3-5,8,14H,6H2,1-2H3,(H,12,15)/t8-/m1/s1. The molecule has 1 amide bonds. The molecule has 17 heavy (non-hydrogen) atoms. The molecule has 1 aromatic rings. The highest BCUT2D eigenvalue weighted by atomic mass is 16.6. The van der Waals surface area contributed by atoms with Crippen molar-refractivity contribution in [3.05, 3.63) is 39.4 Å². The van der Waals surface area contributed by atoms with Gasteiger partial charge in [0.25, 0.3) is 11.6 Å². The number of carbonyl (C=O) groups excluding carboxylic acids is 1. The second kappa shape index (κ2) is 5.40. The van der Waals surface area contributed by atoms with Crippen LogP contribution >= 0.6 is 0 Å². The summed E-state index contributed by atoms with van der Waals surface area (Å²) in [6.07, 6.45) is 0. The van der Waals surface area contributed by atoms with Crippen molar-refractivity contribution in [2.75, 3.05) is 6.61 Å². The molecule has 0 aliphatic carbocycles. The van der Waals surface area contributed by atoms with Gasteiger partial charge in [-0.05, 0) is 19.4 Å². The van der Waals surface area contributed by atoms with Crippen molar-refractivity contribution in [2.24, 2.45) is 0 Å². The molecule has 0 aliphatic rings. The molecule has 0 fully saturated rings. The van der Waals surface area contributed by atoms with E-state index in [4.69, 9.17) is 5.11 Å². The number of rotatable bonds is 4. The van der Waals surface area contributed by atoms with Gasteiger partial charge < -0.3 is 10.4 Å². The van der Waals surface area contributed by atoms with Crippen molar-refractivity contribution in [1.29, 1.82) is 0 Å². The molecule has 0 aliphatic heterocycles. The second-order valence-corrected chi connectivity index (χ2v) is 3.81. The zero-order chi connectivity index (χ0) is 13.0. The summed E-state index contributed by atoms with van der Waals surface area (Å²) in [5.41, 5.74) is 0.773. The third-order valence-electron chi connectivity index (χ3n) is 2.33. The van der Waals surface area contributed by atoms with E-state index in [0.717, 1.165) is 0 Å². The molecule has 2 N–H and O–H groups in total. The minimum absolute atomic E-state index is 0.127. The fraction of sp³-hybridized carbons (Fsp3) is 0.364. The lowest BCUT2D eigenvalue weighted by Gasteiger charge is -2.11. The van der Waals surface area contributed by atoms with Gasteiger partial charge in [0.1, 0.15) is 0 Å². The summed E-state index contributed by atoms with van der Waals surface area (Å²) in [4.78, 5) is 21.8. The molecule has 1 atom stereocenters. The topological polar surface area (TPSA) is 92.5 Å². The summed E-state index contributed by atoms with van der Waals surface area (Å²) in [6.45, 7) is 3.16. The first-order valence-electron chi connectivity index (χ1n) is 5.12. The van der Waals surface area contributed by atoms with Gasteiger partial charge in [-0.15, -0.1) is 0 Å². The average Bonchev–Trinajstić information content (AvgIpc) is 2.28. The zero-order valence-corrected chi connectivity index (χ0v) is 9.64. The minimum atomic E-state index is -0.550. The van der Waals surface area contributed by atoms with Crippen LogP contribution in [0.25, 0.3) is 0 Å². The average molecular weight is 238 g/mol. The number of nitro benzene ring substituents is 1. The second-order valence-electron chi connectivity index (χ2n) is 3.81. The number of nitrogens with zero attached hydrogens (tertiary/aromatic N) is 1. The number of benzene rings is 1. The van der Waals surface area contributed by atoms with Gasteiger partial charge >= 0.3 is 0 Å². The quantitative estimate of drug-likeness (QED) is 0.605. The minimum Gasteiger partial charge on any atom is -0.394 e. The highest BCUT2D eigenvalue weighted by Gasteiger charge is 2.15. The zero-order valence-electron chi connectivity index (χ0n) is 9.64. The van der Waals surface area contributed by atoms with Gasteiger partial charge in [-0.2, -0.15) is 0 Å². The predicted molar refractivity (Wildman–Crippen MR) is 61.8 cm³/mol. The van der Waals surface area contributed by atoms with Gasteiger partial charge in [0.15, 0.2) is 0 Å². The van der Waals surface area contributed by atoms with Crippen LogP contribution in [0.15, 0.2) is 18.2 Å². The van der Waals surface area contributed by atoms with Gasteiger partial charge in [-0.1, -0.05) is 6.07 Å². The first-order chi connectivity index (χ1) is 7.95. The Kier molecular flexibility index (Phi) is 4.17. The Morgan fingerprint density at radius 3 is 2.76 bits per heavy atom. The monoisotopic (exact) mass is 238 g/mol. The van der Waals surface area contributed by atoms with Crippen LogP contribution in [0.2, 0.25) is 0 Å². The number of non-ortho nitro benzene ring substituents is 1. The highest BCUT2D eigenvalue weighted by molar-refractivity contribution is 5.96. The number of amides is 1. The van der Waals surface area contributed by atoms with Crippen LogP contribution in [0.5, 0.6) is 0 Å². The maximum Gasteiger partial charge on any atom is 0.270 e. The van der Waals surface area contributed by atoms with Crippen LogP contribution in [-0.2, 0) is 0 Å². The van der Waals surface area contributed by atoms with Gasteiger partial charge in [-0.3, -0.25) is 14.9 Å². The van der Waals surface area contributed by atoms with E-state index in [2.05, 4.69) is 5.32 Å². The van der Waals surface area contributed by atoms with Crippen LogP contribution < -0.4 is 5.32 Å². The first-order valence-corrected chi connectivity index (χ1v) is 5.12. The van der Waals surface area contributed by atoms with E-state index >= 15 is 0 Å². The fourth-order valence-electron chi connectivity index (χ4n) is 1.32. The summed E-state index contributed by atoms with van der Waals surface area (Å²) in [7, 11) is 0. The summed E-state index contributed by atoms with van der Waals surface area (Å²) < 4.78 is 0. The smallest absolute Gasteiger partial charge is 0.270 e. The molecular formula is C11H14N2O4. The molecule has 6 heteroatoms. The van der Waals surface area contributed by atoms with Crippen LogP contribution in [0.1, 0.15) is 22.8 Å². The van der Waals surface area contributed by atoms with Crippen molar-refractivity contribution in [1.82, 2.24) is 5.32 Å². The summed E-state index contributed by atoms with van der Waals surface area (Å²) in [5.74, 6) is -0.423. The lowest BCUT2D eigenvalue weighted by molar-refractivity contribution is -0.384. The Morgan fingerprint density at radius 1 is 1.59 bits per heavy atom. The number of nitro groups is 1. The van der Waals surface area contributed by atoms with Gasteiger partial charge in [0.2, 0.25) is 0 Å². The molecule has 6 nitrogen and oxygen atoms in total. The molecule has 1 rings (SSSR count). The van der Waals surface area contributed by atoms with E-state index < -0.39 is 10.8 Å². The largest absolute Gasteiger partial charge is 0.394 e. The van der Waals surface area contributed by atoms with E-state index in [1.807, 2.05) is 0 Å². The molecule has 0 unspecified atom stereocenters. The van der Waals surface area contributed by atoms with Gasteiger partial charge in [0.05, 0.1) is 11.5 Å². The third-order valence-corrected chi connectivity index (χ3v) is 2.33. The Balaban J connectivity index is 3.00. The number of aliphatic hydroxyl groups is 1. The van der Waals surface area contributed by atoms with Crippen LogP contribution in [0, 0.1) is 17.0 Å². The molecular weight excluding hydrogens is 224 g/mol. The summed E-state index contributed by atoms with van der Waals surface area (Å²) >= 11 is 0. The normalized spacial score (nSPS) is 11.9. The van der Waals surface area contributed by atoms with Crippen molar-refractivity contribution < 1.29 is 14.8 Å². The highest BCUT2D eigenvalue weighted by Crippen LogP contribution is 2.17. The molecule has 0 heterocycles. The molecule has 1 aromatic carbocycles. The molecule has 0 bridgehead atoms. The third kappa shape index (κ3) is 3.25. The maximum absolute atomic E-state index is 11.8. The molecule has 0 radical (unpaired) electrons. The van der Waals surface area contributed by atoms with Gasteiger partial charge in [0, 0.05) is 23.7 Å². The van der Waals surface area contributed by atoms with Crippen LogP contribution in [0.4, 0.5) is 5.69 Å². The molecule has 0 saturated heterocycles. The van der Waals surface area contributed by atoms with E-state index in [-0.39, 0.29) is 23.9 Å². The molecule has 0 aromatic heterocycles. The van der Waals surface area contributed by atoms with Gasteiger partial charge in [-0.25, -0.2) is 0 Å². The molecule has 0 saturated carbocycles. The number of hydrogen-bond donors (Lipinski definition) is 2. The number of aliphatic hydroxyl groups excluding tert-OH is 1. The maximum atomic E-state index is 11.8.